The number of ether oxygens (including phenoxy) is 1. The van der Waals surface area contributed by atoms with E-state index in [1.807, 2.05) is 30.3 Å². The largest absolute Gasteiger partial charge is 0.497 e. The van der Waals surface area contributed by atoms with E-state index in [1.54, 1.807) is 49.1 Å². The van der Waals surface area contributed by atoms with Gasteiger partial charge < -0.3 is 10.1 Å². The van der Waals surface area contributed by atoms with Crippen LogP contribution in [0.25, 0.3) is 16.9 Å². The van der Waals surface area contributed by atoms with Gasteiger partial charge in [0.1, 0.15) is 11.6 Å². The van der Waals surface area contributed by atoms with Gasteiger partial charge >= 0.3 is 0 Å². The van der Waals surface area contributed by atoms with Crippen molar-refractivity contribution in [1.29, 1.82) is 0 Å². The summed E-state index contributed by atoms with van der Waals surface area (Å²) in [6, 6.07) is 15.7. The van der Waals surface area contributed by atoms with Crippen molar-refractivity contribution >= 4 is 49.0 Å². The molecule has 34 heavy (non-hydrogen) atoms. The van der Waals surface area contributed by atoms with Crippen LogP contribution in [0.5, 0.6) is 5.75 Å². The molecule has 4 aromatic rings. The van der Waals surface area contributed by atoms with Crippen molar-refractivity contribution in [2.45, 2.75) is 11.3 Å². The molecule has 4 rings (SSSR count). The predicted octanol–water partition coefficient (Wildman–Crippen LogP) is 4.94. The molecular weight excluding hydrogens is 542 g/mol. The molecule has 2 heterocycles. The summed E-state index contributed by atoms with van der Waals surface area (Å²) in [6.45, 7) is 0.872. The minimum atomic E-state index is -3.59. The van der Waals surface area contributed by atoms with E-state index in [-0.39, 0.29) is 4.90 Å². The number of rotatable bonds is 9. The molecule has 0 radical (unpaired) electrons. The molecule has 0 aliphatic heterocycles. The molecule has 178 valence electrons. The van der Waals surface area contributed by atoms with Crippen LogP contribution in [0.1, 0.15) is 6.42 Å². The van der Waals surface area contributed by atoms with Crippen LogP contribution in [0.4, 0.5) is 5.82 Å². The summed E-state index contributed by atoms with van der Waals surface area (Å²) in [5, 5.41) is 8.33. The Hall–Kier alpha value is -2.66. The van der Waals surface area contributed by atoms with Crippen LogP contribution in [0.15, 0.2) is 70.2 Å². The highest BCUT2D eigenvalue weighted by molar-refractivity contribution is 9.10. The van der Waals surface area contributed by atoms with Crippen LogP contribution < -0.4 is 10.1 Å². The summed E-state index contributed by atoms with van der Waals surface area (Å²) < 4.78 is 34.6. The average Bonchev–Trinajstić information content (AvgIpc) is 3.22. The summed E-state index contributed by atoms with van der Waals surface area (Å²) in [5.74, 6) is 1.34. The number of aromatic nitrogens is 3. The molecule has 0 fully saturated rings. The molecule has 1 N–H and O–H groups in total. The first-order valence-corrected chi connectivity index (χ1v) is 13.1. The lowest BCUT2D eigenvalue weighted by molar-refractivity contribution is 0.414. The standard InChI is InChI=1S/C23H23BrClN5O3S/c1-29(34(31,32)17-10-8-16(33-2)9-11-17)13-5-12-26-22-14-21(18-6-3-4-7-20(18)25)28-23-19(24)15-27-30(22)23/h3-4,6-11,14-15,26H,5,12-13H2,1-2H3. The molecule has 11 heteroatoms. The molecule has 2 aromatic heterocycles. The smallest absolute Gasteiger partial charge is 0.242 e. The Morgan fingerprint density at radius 1 is 1.18 bits per heavy atom. The first-order valence-electron chi connectivity index (χ1n) is 10.4. The third-order valence-electron chi connectivity index (χ3n) is 5.30. The highest BCUT2D eigenvalue weighted by Crippen LogP contribution is 2.30. The molecule has 0 saturated carbocycles. The fraction of sp³-hybridized carbons (Fsp3) is 0.217. The van der Waals surface area contributed by atoms with Gasteiger partial charge in [-0.3, -0.25) is 0 Å². The number of halogens is 2. The number of hydrogen-bond donors (Lipinski definition) is 1. The molecule has 0 amide bonds. The maximum atomic E-state index is 12.8. The monoisotopic (exact) mass is 563 g/mol. The first kappa shape index (κ1) is 24.5. The summed E-state index contributed by atoms with van der Waals surface area (Å²) in [6.07, 6.45) is 2.26. The summed E-state index contributed by atoms with van der Waals surface area (Å²) >= 11 is 9.88. The molecule has 0 unspecified atom stereocenters. The Balaban J connectivity index is 1.47. The molecule has 0 spiro atoms. The number of nitrogens with one attached hydrogen (secondary N) is 1. The maximum Gasteiger partial charge on any atom is 0.242 e. The number of benzene rings is 2. The number of methoxy groups -OCH3 is 1. The second-order valence-corrected chi connectivity index (χ2v) is 10.8. The average molecular weight is 565 g/mol. The van der Waals surface area contributed by atoms with Crippen LogP contribution in [-0.2, 0) is 10.0 Å². The fourth-order valence-electron chi connectivity index (χ4n) is 3.43. The van der Waals surface area contributed by atoms with Crippen molar-refractivity contribution in [1.82, 2.24) is 18.9 Å². The van der Waals surface area contributed by atoms with Crippen LogP contribution in [0, 0.1) is 0 Å². The highest BCUT2D eigenvalue weighted by Gasteiger charge is 2.20. The lowest BCUT2D eigenvalue weighted by atomic mass is 10.1. The van der Waals surface area contributed by atoms with E-state index in [4.69, 9.17) is 21.3 Å². The van der Waals surface area contributed by atoms with Gasteiger partial charge in [0.05, 0.1) is 28.4 Å². The quantitative estimate of drug-likeness (QED) is 0.290. The summed E-state index contributed by atoms with van der Waals surface area (Å²) in [5.41, 5.74) is 2.17. The Morgan fingerprint density at radius 2 is 1.91 bits per heavy atom. The van der Waals surface area contributed by atoms with Crippen molar-refractivity contribution in [3.8, 4) is 17.0 Å². The van der Waals surface area contributed by atoms with Crippen LogP contribution in [0.3, 0.4) is 0 Å². The van der Waals surface area contributed by atoms with E-state index >= 15 is 0 Å². The van der Waals surface area contributed by atoms with E-state index in [0.717, 1.165) is 15.9 Å². The second kappa shape index (κ2) is 10.3. The zero-order chi connectivity index (χ0) is 24.3. The van der Waals surface area contributed by atoms with Gasteiger partial charge in [0.15, 0.2) is 5.65 Å². The van der Waals surface area contributed by atoms with Gasteiger partial charge in [0.2, 0.25) is 10.0 Å². The van der Waals surface area contributed by atoms with Gasteiger partial charge in [-0.15, -0.1) is 0 Å². The third kappa shape index (κ3) is 5.05. The number of fused-ring (bicyclic) bond motifs is 1. The van der Waals surface area contributed by atoms with E-state index in [2.05, 4.69) is 26.3 Å². The molecule has 0 atom stereocenters. The van der Waals surface area contributed by atoms with E-state index in [0.29, 0.717) is 41.6 Å². The van der Waals surface area contributed by atoms with E-state index in [9.17, 15) is 8.42 Å². The molecule has 0 bridgehead atoms. The van der Waals surface area contributed by atoms with Gasteiger partial charge in [0.25, 0.3) is 0 Å². The van der Waals surface area contributed by atoms with Crippen molar-refractivity contribution in [2.75, 3.05) is 32.6 Å². The van der Waals surface area contributed by atoms with Crippen molar-refractivity contribution < 1.29 is 13.2 Å². The van der Waals surface area contributed by atoms with Gasteiger partial charge in [-0.1, -0.05) is 29.8 Å². The second-order valence-electron chi connectivity index (χ2n) is 7.52. The van der Waals surface area contributed by atoms with Crippen molar-refractivity contribution in [3.05, 3.63) is 70.3 Å². The lowest BCUT2D eigenvalue weighted by Crippen LogP contribution is -2.29. The van der Waals surface area contributed by atoms with E-state index < -0.39 is 10.0 Å². The van der Waals surface area contributed by atoms with Crippen LogP contribution >= 0.6 is 27.5 Å². The van der Waals surface area contributed by atoms with Crippen molar-refractivity contribution in [3.63, 3.8) is 0 Å². The summed E-state index contributed by atoms with van der Waals surface area (Å²) in [4.78, 5) is 4.92. The van der Waals surface area contributed by atoms with Gasteiger partial charge in [-0.25, -0.2) is 17.7 Å². The van der Waals surface area contributed by atoms with Gasteiger partial charge in [0, 0.05) is 36.8 Å². The Labute approximate surface area is 211 Å². The maximum absolute atomic E-state index is 12.8. The SMILES string of the molecule is COc1ccc(S(=O)(=O)N(C)CCCNc2cc(-c3ccccc3Cl)nc3c(Br)cnn23)cc1. The normalized spacial score (nSPS) is 11.8. The molecule has 0 aliphatic rings. The Morgan fingerprint density at radius 3 is 2.62 bits per heavy atom. The lowest BCUT2D eigenvalue weighted by Gasteiger charge is -2.18. The topological polar surface area (TPSA) is 88.8 Å². The summed E-state index contributed by atoms with van der Waals surface area (Å²) in [7, 11) is -0.472. The molecule has 0 aliphatic carbocycles. The predicted molar refractivity (Wildman–Crippen MR) is 137 cm³/mol. The minimum absolute atomic E-state index is 0.227. The number of nitrogens with zero attached hydrogens (tertiary/aromatic N) is 4. The molecule has 8 nitrogen and oxygen atoms in total. The number of sulfonamides is 1. The first-order chi connectivity index (χ1) is 16.3. The Bertz CT molecular complexity index is 1410. The highest BCUT2D eigenvalue weighted by atomic mass is 79.9. The fourth-order valence-corrected chi connectivity index (χ4v) is 5.23. The zero-order valence-corrected chi connectivity index (χ0v) is 21.7. The van der Waals surface area contributed by atoms with Crippen LogP contribution in [0.2, 0.25) is 5.02 Å². The zero-order valence-electron chi connectivity index (χ0n) is 18.6. The number of anilines is 1. The van der Waals surface area contributed by atoms with Crippen LogP contribution in [-0.4, -0.2) is 54.6 Å². The Kier molecular flexibility index (Phi) is 7.42. The van der Waals surface area contributed by atoms with Crippen molar-refractivity contribution in [2.24, 2.45) is 0 Å². The molecule has 2 aromatic carbocycles. The minimum Gasteiger partial charge on any atom is -0.497 e. The van der Waals surface area contributed by atoms with Gasteiger partial charge in [-0.2, -0.15) is 9.61 Å². The molecular formula is C23H23BrClN5O3S. The number of hydrogen-bond acceptors (Lipinski definition) is 6. The third-order valence-corrected chi connectivity index (χ3v) is 8.06. The molecule has 0 saturated heterocycles. The van der Waals surface area contributed by atoms with Gasteiger partial charge in [-0.05, 0) is 52.7 Å². The van der Waals surface area contributed by atoms with E-state index in [1.165, 1.54) is 4.31 Å².